The minimum absolute atomic E-state index is 0.0132. The van der Waals surface area contributed by atoms with Crippen molar-refractivity contribution in [3.63, 3.8) is 0 Å². The molecule has 6 nitrogen and oxygen atoms in total. The molecule has 0 spiro atoms. The van der Waals surface area contributed by atoms with Gasteiger partial charge in [-0.25, -0.2) is 12.7 Å². The standard InChI is InChI=1S/C19H29ClN2O4S/c1-3-13-27(24,25)22-10-8-16(9-11-22)21-19(23)5-4-12-26-17-6-7-18(20)15(2)14-17/h6-7,14,16H,3-5,8-13H2,1-2H3,(H,21,23). The van der Waals surface area contributed by atoms with Crippen molar-refractivity contribution in [3.05, 3.63) is 28.8 Å². The molecular weight excluding hydrogens is 388 g/mol. The van der Waals surface area contributed by atoms with Crippen molar-refractivity contribution in [2.45, 2.75) is 52.0 Å². The maximum Gasteiger partial charge on any atom is 0.220 e. The fraction of sp³-hybridized carbons (Fsp3) is 0.632. The van der Waals surface area contributed by atoms with Crippen LogP contribution < -0.4 is 10.1 Å². The van der Waals surface area contributed by atoms with Gasteiger partial charge in [-0.2, -0.15) is 0 Å². The van der Waals surface area contributed by atoms with Gasteiger partial charge < -0.3 is 10.1 Å². The fourth-order valence-corrected chi connectivity index (χ4v) is 4.75. The zero-order chi connectivity index (χ0) is 19.9. The summed E-state index contributed by atoms with van der Waals surface area (Å²) >= 11 is 5.98. The molecule has 8 heteroatoms. The Bertz CT molecular complexity index is 731. The molecular formula is C19H29ClN2O4S. The highest BCUT2D eigenvalue weighted by Gasteiger charge is 2.27. The molecule has 0 aliphatic carbocycles. The summed E-state index contributed by atoms with van der Waals surface area (Å²) < 4.78 is 31.3. The van der Waals surface area contributed by atoms with Gasteiger partial charge in [0.25, 0.3) is 0 Å². The van der Waals surface area contributed by atoms with Crippen LogP contribution in [0.3, 0.4) is 0 Å². The van der Waals surface area contributed by atoms with Crippen LogP contribution in [-0.4, -0.2) is 50.1 Å². The summed E-state index contributed by atoms with van der Waals surface area (Å²) in [5, 5.41) is 3.71. The van der Waals surface area contributed by atoms with Gasteiger partial charge in [0.15, 0.2) is 0 Å². The number of carbonyl (C=O) groups is 1. The molecule has 0 saturated carbocycles. The highest BCUT2D eigenvalue weighted by molar-refractivity contribution is 7.89. The van der Waals surface area contributed by atoms with Crippen LogP contribution in [0.5, 0.6) is 5.75 Å². The van der Waals surface area contributed by atoms with Gasteiger partial charge in [0.2, 0.25) is 15.9 Å². The van der Waals surface area contributed by atoms with Gasteiger partial charge >= 0.3 is 0 Å². The van der Waals surface area contributed by atoms with Crippen LogP contribution in [0.25, 0.3) is 0 Å². The number of hydrogen-bond acceptors (Lipinski definition) is 4. The number of ether oxygens (including phenoxy) is 1. The van der Waals surface area contributed by atoms with Crippen LogP contribution in [0.4, 0.5) is 0 Å². The van der Waals surface area contributed by atoms with Gasteiger partial charge in [0, 0.05) is 30.6 Å². The molecule has 0 unspecified atom stereocenters. The Morgan fingerprint density at radius 2 is 2.04 bits per heavy atom. The third-order valence-electron chi connectivity index (χ3n) is 4.62. The lowest BCUT2D eigenvalue weighted by Gasteiger charge is -2.31. The Morgan fingerprint density at radius 1 is 1.33 bits per heavy atom. The highest BCUT2D eigenvalue weighted by atomic mass is 35.5. The Morgan fingerprint density at radius 3 is 2.67 bits per heavy atom. The maximum absolute atomic E-state index is 12.1. The molecule has 1 aliphatic heterocycles. The molecule has 152 valence electrons. The second kappa shape index (κ2) is 10.3. The van der Waals surface area contributed by atoms with Gasteiger partial charge in [0.1, 0.15) is 5.75 Å². The molecule has 1 fully saturated rings. The Hall–Kier alpha value is -1.31. The van der Waals surface area contributed by atoms with Crippen LogP contribution in [0.1, 0.15) is 44.6 Å². The molecule has 2 rings (SSSR count). The first-order valence-electron chi connectivity index (χ1n) is 9.48. The van der Waals surface area contributed by atoms with E-state index in [4.69, 9.17) is 16.3 Å². The van der Waals surface area contributed by atoms with Gasteiger partial charge in [-0.15, -0.1) is 0 Å². The van der Waals surface area contributed by atoms with E-state index in [0.29, 0.717) is 56.8 Å². The van der Waals surface area contributed by atoms with Crippen LogP contribution in [0, 0.1) is 6.92 Å². The third kappa shape index (κ3) is 6.97. The van der Waals surface area contributed by atoms with Crippen LogP contribution in [0.2, 0.25) is 5.02 Å². The summed E-state index contributed by atoms with van der Waals surface area (Å²) in [4.78, 5) is 12.1. The quantitative estimate of drug-likeness (QED) is 0.627. The van der Waals surface area contributed by atoms with E-state index in [1.165, 1.54) is 0 Å². The maximum atomic E-state index is 12.1. The van der Waals surface area contributed by atoms with Gasteiger partial charge in [-0.1, -0.05) is 18.5 Å². The van der Waals surface area contributed by atoms with Crippen molar-refractivity contribution in [1.82, 2.24) is 9.62 Å². The summed E-state index contributed by atoms with van der Waals surface area (Å²) in [6.45, 7) is 5.20. The number of rotatable bonds is 9. The van der Waals surface area contributed by atoms with Crippen molar-refractivity contribution in [2.75, 3.05) is 25.4 Å². The first-order chi connectivity index (χ1) is 12.8. The van der Waals surface area contributed by atoms with Crippen LogP contribution in [0.15, 0.2) is 18.2 Å². The fourth-order valence-electron chi connectivity index (χ4n) is 3.09. The number of benzene rings is 1. The number of piperidine rings is 1. The van der Waals surface area contributed by atoms with Crippen molar-refractivity contribution in [2.24, 2.45) is 0 Å². The zero-order valence-electron chi connectivity index (χ0n) is 16.0. The number of amides is 1. The molecule has 1 aromatic rings. The molecule has 1 amide bonds. The molecule has 0 radical (unpaired) electrons. The second-order valence-corrected chi connectivity index (χ2v) is 9.42. The predicted octanol–water partition coefficient (Wildman–Crippen LogP) is 3.13. The minimum Gasteiger partial charge on any atom is -0.494 e. The van der Waals surface area contributed by atoms with E-state index >= 15 is 0 Å². The number of nitrogens with one attached hydrogen (secondary N) is 1. The van der Waals surface area contributed by atoms with E-state index in [1.807, 2.05) is 26.0 Å². The Labute approximate surface area is 167 Å². The SMILES string of the molecule is CCCS(=O)(=O)N1CCC(NC(=O)CCCOc2ccc(Cl)c(C)c2)CC1. The van der Waals surface area contributed by atoms with Gasteiger partial charge in [-0.05, 0) is 56.4 Å². The number of hydrogen-bond donors (Lipinski definition) is 1. The molecule has 0 atom stereocenters. The summed E-state index contributed by atoms with van der Waals surface area (Å²) in [5.41, 5.74) is 0.958. The lowest BCUT2D eigenvalue weighted by atomic mass is 10.1. The number of halogens is 1. The molecule has 0 bridgehead atoms. The zero-order valence-corrected chi connectivity index (χ0v) is 17.6. The molecule has 1 aliphatic rings. The largest absolute Gasteiger partial charge is 0.494 e. The van der Waals surface area contributed by atoms with E-state index in [0.717, 1.165) is 11.3 Å². The topological polar surface area (TPSA) is 75.7 Å². The summed E-state index contributed by atoms with van der Waals surface area (Å²) in [5.74, 6) is 0.927. The molecule has 1 saturated heterocycles. The third-order valence-corrected chi connectivity index (χ3v) is 7.12. The first kappa shape index (κ1) is 22.0. The lowest BCUT2D eigenvalue weighted by Crippen LogP contribution is -2.47. The highest BCUT2D eigenvalue weighted by Crippen LogP contribution is 2.21. The average molecular weight is 417 g/mol. The Kier molecular flexibility index (Phi) is 8.38. The van der Waals surface area contributed by atoms with E-state index in [1.54, 1.807) is 10.4 Å². The summed E-state index contributed by atoms with van der Waals surface area (Å²) in [6.07, 6.45) is 2.96. The number of carbonyl (C=O) groups excluding carboxylic acids is 1. The molecule has 0 aromatic heterocycles. The van der Waals surface area contributed by atoms with E-state index in [9.17, 15) is 13.2 Å². The van der Waals surface area contributed by atoms with Crippen molar-refractivity contribution in [3.8, 4) is 5.75 Å². The molecule has 1 N–H and O–H groups in total. The minimum atomic E-state index is -3.14. The van der Waals surface area contributed by atoms with Crippen molar-refractivity contribution >= 4 is 27.5 Å². The molecule has 1 heterocycles. The van der Waals surface area contributed by atoms with Crippen LogP contribution in [-0.2, 0) is 14.8 Å². The van der Waals surface area contributed by atoms with Crippen molar-refractivity contribution in [1.29, 1.82) is 0 Å². The molecule has 1 aromatic carbocycles. The monoisotopic (exact) mass is 416 g/mol. The van der Waals surface area contributed by atoms with E-state index in [-0.39, 0.29) is 17.7 Å². The lowest BCUT2D eigenvalue weighted by molar-refractivity contribution is -0.122. The number of sulfonamides is 1. The smallest absolute Gasteiger partial charge is 0.220 e. The van der Waals surface area contributed by atoms with E-state index in [2.05, 4.69) is 5.32 Å². The van der Waals surface area contributed by atoms with Crippen LogP contribution >= 0.6 is 11.6 Å². The first-order valence-corrected chi connectivity index (χ1v) is 11.5. The molecule has 27 heavy (non-hydrogen) atoms. The van der Waals surface area contributed by atoms with Gasteiger partial charge in [-0.3, -0.25) is 4.79 Å². The Balaban J connectivity index is 1.64. The van der Waals surface area contributed by atoms with E-state index < -0.39 is 10.0 Å². The predicted molar refractivity (Wildman–Crippen MR) is 108 cm³/mol. The van der Waals surface area contributed by atoms with Gasteiger partial charge in [0.05, 0.1) is 12.4 Å². The second-order valence-electron chi connectivity index (χ2n) is 6.92. The summed E-state index contributed by atoms with van der Waals surface area (Å²) in [6, 6.07) is 5.54. The number of aryl methyl sites for hydroxylation is 1. The normalized spacial score (nSPS) is 16.3. The average Bonchev–Trinajstić information content (AvgIpc) is 2.62. The van der Waals surface area contributed by atoms with Crippen molar-refractivity contribution < 1.29 is 17.9 Å². The number of nitrogens with zero attached hydrogens (tertiary/aromatic N) is 1. The summed E-state index contributed by atoms with van der Waals surface area (Å²) in [7, 11) is -3.14.